The monoisotopic (exact) mass is 472 g/mol. The van der Waals surface area contributed by atoms with E-state index in [9.17, 15) is 5.11 Å². The SMILES string of the molecule is CNC[C@H](CC1CCCCC1)C1C([C@@](O)(CCCCOC)c2ccccc2)CCCN1C(=N)N. The highest BCUT2D eigenvalue weighted by molar-refractivity contribution is 5.75. The highest BCUT2D eigenvalue weighted by Crippen LogP contribution is 2.46. The maximum absolute atomic E-state index is 12.5. The number of rotatable bonds is 12. The lowest BCUT2D eigenvalue weighted by Gasteiger charge is -2.52. The van der Waals surface area contributed by atoms with Gasteiger partial charge in [-0.2, -0.15) is 0 Å². The Morgan fingerprint density at radius 2 is 1.91 bits per heavy atom. The van der Waals surface area contributed by atoms with Crippen molar-refractivity contribution < 1.29 is 9.84 Å². The molecule has 1 heterocycles. The number of piperidine rings is 1. The van der Waals surface area contributed by atoms with Gasteiger partial charge in [0.1, 0.15) is 0 Å². The molecular weight excluding hydrogens is 424 g/mol. The minimum atomic E-state index is -0.952. The Balaban J connectivity index is 1.96. The molecule has 1 saturated carbocycles. The molecular formula is C28H48N4O2. The summed E-state index contributed by atoms with van der Waals surface area (Å²) in [6, 6.07) is 10.3. The normalized spacial score (nSPS) is 24.5. The number of ether oxygens (including phenoxy) is 1. The van der Waals surface area contributed by atoms with Gasteiger partial charge in [0.05, 0.1) is 5.60 Å². The molecule has 1 aromatic carbocycles. The number of nitrogens with zero attached hydrogens (tertiary/aromatic N) is 1. The van der Waals surface area contributed by atoms with Gasteiger partial charge >= 0.3 is 0 Å². The highest BCUT2D eigenvalue weighted by Gasteiger charge is 2.49. The fourth-order valence-corrected chi connectivity index (χ4v) is 6.77. The zero-order valence-electron chi connectivity index (χ0n) is 21.5. The second-order valence-electron chi connectivity index (χ2n) is 10.6. The lowest BCUT2D eigenvalue weighted by atomic mass is 9.65. The molecule has 0 bridgehead atoms. The molecule has 2 aliphatic rings. The molecule has 3 rings (SSSR count). The van der Waals surface area contributed by atoms with Crippen LogP contribution in [-0.2, 0) is 10.3 Å². The largest absolute Gasteiger partial charge is 0.385 e. The van der Waals surface area contributed by atoms with Gasteiger partial charge in [-0.3, -0.25) is 5.41 Å². The zero-order valence-corrected chi connectivity index (χ0v) is 21.5. The van der Waals surface area contributed by atoms with Gasteiger partial charge in [-0.25, -0.2) is 0 Å². The third-order valence-electron chi connectivity index (χ3n) is 8.35. The Bertz CT molecular complexity index is 724. The molecule has 0 amide bonds. The molecule has 4 atom stereocenters. The van der Waals surface area contributed by atoms with Crippen molar-refractivity contribution in [2.75, 3.05) is 33.9 Å². The van der Waals surface area contributed by atoms with E-state index in [0.29, 0.717) is 18.9 Å². The van der Waals surface area contributed by atoms with Crippen molar-refractivity contribution in [3.63, 3.8) is 0 Å². The molecule has 1 saturated heterocycles. The van der Waals surface area contributed by atoms with E-state index >= 15 is 0 Å². The number of unbranched alkanes of at least 4 members (excludes halogenated alkanes) is 1. The average molecular weight is 473 g/mol. The summed E-state index contributed by atoms with van der Waals surface area (Å²) >= 11 is 0. The minimum Gasteiger partial charge on any atom is -0.385 e. The summed E-state index contributed by atoms with van der Waals surface area (Å²) in [4.78, 5) is 2.11. The van der Waals surface area contributed by atoms with Gasteiger partial charge in [0.2, 0.25) is 0 Å². The van der Waals surface area contributed by atoms with Gasteiger partial charge in [0.25, 0.3) is 0 Å². The zero-order chi connectivity index (χ0) is 24.4. The van der Waals surface area contributed by atoms with Crippen LogP contribution in [0.4, 0.5) is 0 Å². The predicted octanol–water partition coefficient (Wildman–Crippen LogP) is 4.47. The Morgan fingerprint density at radius 3 is 2.56 bits per heavy atom. The second-order valence-corrected chi connectivity index (χ2v) is 10.6. The van der Waals surface area contributed by atoms with Crippen LogP contribution >= 0.6 is 0 Å². The summed E-state index contributed by atoms with van der Waals surface area (Å²) < 4.78 is 5.29. The first kappa shape index (κ1) is 27.0. The molecule has 1 aliphatic carbocycles. The number of nitrogens with two attached hydrogens (primary N) is 1. The molecule has 1 aliphatic heterocycles. The number of guanidine groups is 1. The Hall–Kier alpha value is -1.63. The van der Waals surface area contributed by atoms with Crippen LogP contribution in [-0.4, -0.2) is 55.9 Å². The van der Waals surface area contributed by atoms with Crippen LogP contribution in [0.3, 0.4) is 0 Å². The summed E-state index contributed by atoms with van der Waals surface area (Å²) in [6.07, 6.45) is 12.2. The second kappa shape index (κ2) is 13.5. The van der Waals surface area contributed by atoms with E-state index in [0.717, 1.165) is 56.7 Å². The fourth-order valence-electron chi connectivity index (χ4n) is 6.77. The Morgan fingerprint density at radius 1 is 1.18 bits per heavy atom. The molecule has 2 fully saturated rings. The number of hydrogen-bond acceptors (Lipinski definition) is 4. The van der Waals surface area contributed by atoms with Crippen molar-refractivity contribution >= 4 is 5.96 Å². The van der Waals surface area contributed by atoms with Crippen molar-refractivity contribution in [1.82, 2.24) is 10.2 Å². The van der Waals surface area contributed by atoms with Gasteiger partial charge in [0, 0.05) is 32.2 Å². The van der Waals surface area contributed by atoms with Crippen LogP contribution in [0.5, 0.6) is 0 Å². The number of likely N-dealkylation sites (tertiary alicyclic amines) is 1. The van der Waals surface area contributed by atoms with E-state index in [-0.39, 0.29) is 17.9 Å². The first-order chi connectivity index (χ1) is 16.5. The lowest BCUT2D eigenvalue weighted by molar-refractivity contribution is -0.0907. The van der Waals surface area contributed by atoms with Crippen molar-refractivity contribution in [2.24, 2.45) is 23.5 Å². The third-order valence-corrected chi connectivity index (χ3v) is 8.35. The number of methoxy groups -OCH3 is 1. The number of nitrogens with one attached hydrogen (secondary N) is 2. The average Bonchev–Trinajstić information content (AvgIpc) is 2.87. The Labute approximate surface area is 207 Å². The van der Waals surface area contributed by atoms with Gasteiger partial charge in [-0.05, 0) is 69.5 Å². The van der Waals surface area contributed by atoms with E-state index < -0.39 is 5.60 Å². The van der Waals surface area contributed by atoms with Gasteiger partial charge < -0.3 is 25.8 Å². The maximum Gasteiger partial charge on any atom is 0.188 e. The molecule has 34 heavy (non-hydrogen) atoms. The summed E-state index contributed by atoms with van der Waals surface area (Å²) in [7, 11) is 3.76. The maximum atomic E-state index is 12.5. The van der Waals surface area contributed by atoms with E-state index in [4.69, 9.17) is 15.9 Å². The summed E-state index contributed by atoms with van der Waals surface area (Å²) in [6.45, 7) is 2.40. The number of hydrogen-bond donors (Lipinski definition) is 4. The highest BCUT2D eigenvalue weighted by atomic mass is 16.5. The summed E-state index contributed by atoms with van der Waals surface area (Å²) in [5.74, 6) is 1.25. The minimum absolute atomic E-state index is 0.0250. The van der Waals surface area contributed by atoms with Crippen molar-refractivity contribution in [1.29, 1.82) is 5.41 Å². The van der Waals surface area contributed by atoms with Crippen LogP contribution in [0.15, 0.2) is 30.3 Å². The molecule has 2 unspecified atom stereocenters. The topological polar surface area (TPSA) is 94.6 Å². The number of benzene rings is 1. The van der Waals surface area contributed by atoms with Crippen LogP contribution in [0.25, 0.3) is 0 Å². The van der Waals surface area contributed by atoms with Crippen LogP contribution in [0, 0.1) is 23.2 Å². The van der Waals surface area contributed by atoms with Crippen LogP contribution in [0.2, 0.25) is 0 Å². The quantitative estimate of drug-likeness (QED) is 0.205. The molecule has 0 spiro atoms. The van der Waals surface area contributed by atoms with Gasteiger partial charge in [-0.15, -0.1) is 0 Å². The number of aliphatic hydroxyl groups is 1. The van der Waals surface area contributed by atoms with Gasteiger partial charge in [-0.1, -0.05) is 62.4 Å². The third kappa shape index (κ3) is 6.73. The standard InChI is InChI=1S/C28H48N4O2/c1-31-21-23(20-22-12-5-3-6-13-22)26-25(16-11-18-32(26)27(29)30)28(33,17-9-10-19-34-2)24-14-7-4-8-15-24/h4,7-8,14-15,22-23,25-26,31,33H,3,5-6,9-13,16-21H2,1-2H3,(H3,29,30)/t23-,25?,26?,28+/m0/s1. The van der Waals surface area contributed by atoms with Crippen molar-refractivity contribution in [3.05, 3.63) is 35.9 Å². The lowest BCUT2D eigenvalue weighted by Crippen LogP contribution is -2.60. The molecule has 6 heteroatoms. The van der Waals surface area contributed by atoms with Crippen LogP contribution in [0.1, 0.15) is 76.2 Å². The predicted molar refractivity (Wildman–Crippen MR) is 140 cm³/mol. The smallest absolute Gasteiger partial charge is 0.188 e. The summed E-state index contributed by atoms with van der Waals surface area (Å²) in [5, 5.41) is 24.4. The molecule has 0 aromatic heterocycles. The first-order valence-electron chi connectivity index (χ1n) is 13.5. The van der Waals surface area contributed by atoms with E-state index in [2.05, 4.69) is 22.3 Å². The first-order valence-corrected chi connectivity index (χ1v) is 13.5. The fraction of sp³-hybridized carbons (Fsp3) is 0.750. The van der Waals surface area contributed by atoms with Crippen LogP contribution < -0.4 is 11.1 Å². The molecule has 0 radical (unpaired) electrons. The van der Waals surface area contributed by atoms with E-state index in [1.165, 1.54) is 32.1 Å². The molecule has 6 nitrogen and oxygen atoms in total. The van der Waals surface area contributed by atoms with Crippen molar-refractivity contribution in [2.45, 2.75) is 82.3 Å². The van der Waals surface area contributed by atoms with Crippen molar-refractivity contribution in [3.8, 4) is 0 Å². The molecule has 5 N–H and O–H groups in total. The Kier molecular flexibility index (Phi) is 10.7. The molecule has 1 aromatic rings. The molecule has 192 valence electrons. The summed E-state index contributed by atoms with van der Waals surface area (Å²) in [5.41, 5.74) is 6.24. The van der Waals surface area contributed by atoms with E-state index in [1.54, 1.807) is 7.11 Å². The van der Waals surface area contributed by atoms with Gasteiger partial charge in [0.15, 0.2) is 5.96 Å². The van der Waals surface area contributed by atoms with E-state index in [1.807, 2.05) is 25.2 Å².